The molecular formula is C12H25O3. The number of ether oxygens (including phenoxy) is 2. The average molecular weight is 217 g/mol. The van der Waals surface area contributed by atoms with Crippen molar-refractivity contribution in [3.63, 3.8) is 0 Å². The summed E-state index contributed by atoms with van der Waals surface area (Å²) in [6.07, 6.45) is 2.15. The first kappa shape index (κ1) is 14.9. The minimum Gasteiger partial charge on any atom is -0.381 e. The van der Waals surface area contributed by atoms with Crippen LogP contribution in [0, 0.1) is 5.92 Å². The third-order valence-electron chi connectivity index (χ3n) is 2.22. The van der Waals surface area contributed by atoms with Crippen molar-refractivity contribution < 1.29 is 14.6 Å². The molecule has 0 bridgehead atoms. The molecule has 2 atom stereocenters. The number of hydrogen-bond donors (Lipinski definition) is 0. The fourth-order valence-corrected chi connectivity index (χ4v) is 1.05. The van der Waals surface area contributed by atoms with Gasteiger partial charge >= 0.3 is 0 Å². The van der Waals surface area contributed by atoms with Gasteiger partial charge in [-0.15, -0.1) is 0 Å². The maximum atomic E-state index is 11.3. The summed E-state index contributed by atoms with van der Waals surface area (Å²) < 4.78 is 10.7. The maximum Gasteiger partial charge on any atom is 0.193 e. The number of unbranched alkanes of at least 4 members (excludes halogenated alkanes) is 1. The average Bonchev–Trinajstić information content (AvgIpc) is 2.17. The molecule has 0 rings (SSSR count). The first-order valence-corrected chi connectivity index (χ1v) is 5.97. The second-order valence-electron chi connectivity index (χ2n) is 4.31. The Bertz CT molecular complexity index is 137. The Morgan fingerprint density at radius 1 is 1.13 bits per heavy atom. The van der Waals surface area contributed by atoms with Gasteiger partial charge in [0.05, 0.1) is 6.10 Å². The van der Waals surface area contributed by atoms with Crippen LogP contribution in [0.3, 0.4) is 0 Å². The fourth-order valence-electron chi connectivity index (χ4n) is 1.05. The van der Waals surface area contributed by atoms with E-state index in [0.29, 0.717) is 6.61 Å². The van der Waals surface area contributed by atoms with E-state index < -0.39 is 6.29 Å². The van der Waals surface area contributed by atoms with Crippen molar-refractivity contribution in [2.75, 3.05) is 13.2 Å². The molecule has 0 aromatic rings. The zero-order valence-corrected chi connectivity index (χ0v) is 10.5. The summed E-state index contributed by atoms with van der Waals surface area (Å²) in [5, 5.41) is 11.3. The zero-order chi connectivity index (χ0) is 11.7. The molecule has 2 unspecified atom stereocenters. The van der Waals surface area contributed by atoms with E-state index in [-0.39, 0.29) is 12.0 Å². The van der Waals surface area contributed by atoms with Crippen molar-refractivity contribution in [1.82, 2.24) is 0 Å². The van der Waals surface area contributed by atoms with Gasteiger partial charge in [-0.25, -0.2) is 5.11 Å². The minimum atomic E-state index is -0.907. The van der Waals surface area contributed by atoms with E-state index >= 15 is 0 Å². The quantitative estimate of drug-likeness (QED) is 0.440. The summed E-state index contributed by atoms with van der Waals surface area (Å²) in [7, 11) is 0. The first-order chi connectivity index (χ1) is 7.07. The van der Waals surface area contributed by atoms with Gasteiger partial charge in [-0.2, -0.15) is 0 Å². The largest absolute Gasteiger partial charge is 0.381 e. The molecule has 0 N–H and O–H groups in total. The summed E-state index contributed by atoms with van der Waals surface area (Å²) in [5.41, 5.74) is 0. The van der Waals surface area contributed by atoms with Crippen LogP contribution < -0.4 is 0 Å². The third-order valence-corrected chi connectivity index (χ3v) is 2.22. The lowest BCUT2D eigenvalue weighted by atomic mass is 10.2. The van der Waals surface area contributed by atoms with Gasteiger partial charge in [-0.3, -0.25) is 0 Å². The molecule has 0 fully saturated rings. The van der Waals surface area contributed by atoms with Gasteiger partial charge in [0.15, 0.2) is 6.29 Å². The van der Waals surface area contributed by atoms with E-state index in [2.05, 4.69) is 6.92 Å². The predicted octanol–water partition coefficient (Wildman–Crippen LogP) is 3.01. The van der Waals surface area contributed by atoms with E-state index in [1.54, 1.807) is 0 Å². The van der Waals surface area contributed by atoms with Gasteiger partial charge in [-0.05, 0) is 19.8 Å². The summed E-state index contributed by atoms with van der Waals surface area (Å²) in [6.45, 7) is 9.32. The molecule has 0 heterocycles. The Labute approximate surface area is 93.8 Å². The highest BCUT2D eigenvalue weighted by molar-refractivity contribution is 4.54. The smallest absolute Gasteiger partial charge is 0.193 e. The topological polar surface area (TPSA) is 38.4 Å². The van der Waals surface area contributed by atoms with Crippen LogP contribution in [0.25, 0.3) is 0 Å². The Morgan fingerprint density at radius 2 is 1.80 bits per heavy atom. The van der Waals surface area contributed by atoms with Gasteiger partial charge in [0.1, 0.15) is 0 Å². The Balaban J connectivity index is 3.36. The summed E-state index contributed by atoms with van der Waals surface area (Å²) >= 11 is 0. The monoisotopic (exact) mass is 217 g/mol. The number of hydrogen-bond acceptors (Lipinski definition) is 2. The van der Waals surface area contributed by atoms with Crippen LogP contribution in [0.15, 0.2) is 0 Å². The summed E-state index contributed by atoms with van der Waals surface area (Å²) in [6, 6.07) is 0. The molecule has 0 saturated carbocycles. The maximum absolute atomic E-state index is 11.3. The highest BCUT2D eigenvalue weighted by atomic mass is 16.6. The standard InChI is InChI=1S/C12H25O3/c1-5-6-8-14-9-7-11(4)15-12(13)10(2)3/h10-12H,5-9H2,1-4H3. The van der Waals surface area contributed by atoms with Crippen molar-refractivity contribution in [1.29, 1.82) is 0 Å². The third kappa shape index (κ3) is 8.85. The normalized spacial score (nSPS) is 15.6. The molecule has 0 aliphatic heterocycles. The van der Waals surface area contributed by atoms with Gasteiger partial charge in [-0.1, -0.05) is 27.2 Å². The van der Waals surface area contributed by atoms with Crippen LogP contribution in [-0.2, 0) is 14.6 Å². The SMILES string of the molecule is CCCCOCCC(C)OC([O])C(C)C. The van der Waals surface area contributed by atoms with Crippen LogP contribution in [0.1, 0.15) is 47.0 Å². The van der Waals surface area contributed by atoms with Crippen molar-refractivity contribution >= 4 is 0 Å². The molecule has 0 aliphatic rings. The molecule has 91 valence electrons. The van der Waals surface area contributed by atoms with Crippen LogP contribution >= 0.6 is 0 Å². The Hall–Kier alpha value is -0.120. The molecular weight excluding hydrogens is 192 g/mol. The van der Waals surface area contributed by atoms with Crippen molar-refractivity contribution in [3.05, 3.63) is 0 Å². The van der Waals surface area contributed by atoms with E-state index in [1.807, 2.05) is 20.8 Å². The highest BCUT2D eigenvalue weighted by Gasteiger charge is 2.15. The van der Waals surface area contributed by atoms with E-state index in [4.69, 9.17) is 9.47 Å². The van der Waals surface area contributed by atoms with E-state index in [0.717, 1.165) is 25.9 Å². The molecule has 0 amide bonds. The van der Waals surface area contributed by atoms with Crippen LogP contribution in [-0.4, -0.2) is 25.6 Å². The van der Waals surface area contributed by atoms with Crippen molar-refractivity contribution in [2.24, 2.45) is 5.92 Å². The zero-order valence-electron chi connectivity index (χ0n) is 10.5. The van der Waals surface area contributed by atoms with Crippen LogP contribution in [0.4, 0.5) is 0 Å². The van der Waals surface area contributed by atoms with Gasteiger partial charge in [0.2, 0.25) is 0 Å². The molecule has 0 aromatic carbocycles. The lowest BCUT2D eigenvalue weighted by molar-refractivity contribution is -0.191. The molecule has 3 heteroatoms. The second kappa shape index (κ2) is 9.13. The summed E-state index contributed by atoms with van der Waals surface area (Å²) in [5.74, 6) is 0.0356. The summed E-state index contributed by atoms with van der Waals surface area (Å²) in [4.78, 5) is 0. The van der Waals surface area contributed by atoms with Gasteiger partial charge < -0.3 is 9.47 Å². The predicted molar refractivity (Wildman–Crippen MR) is 60.2 cm³/mol. The lowest BCUT2D eigenvalue weighted by Crippen LogP contribution is -2.24. The molecule has 15 heavy (non-hydrogen) atoms. The Morgan fingerprint density at radius 3 is 2.33 bits per heavy atom. The van der Waals surface area contributed by atoms with Crippen molar-refractivity contribution in [2.45, 2.75) is 59.4 Å². The molecule has 1 radical (unpaired) electrons. The fraction of sp³-hybridized carbons (Fsp3) is 1.00. The molecule has 0 aliphatic carbocycles. The lowest BCUT2D eigenvalue weighted by Gasteiger charge is -2.18. The Kier molecular flexibility index (Phi) is 9.06. The van der Waals surface area contributed by atoms with E-state index in [1.165, 1.54) is 0 Å². The van der Waals surface area contributed by atoms with E-state index in [9.17, 15) is 5.11 Å². The minimum absolute atomic E-state index is 0.00322. The van der Waals surface area contributed by atoms with Crippen LogP contribution in [0.5, 0.6) is 0 Å². The van der Waals surface area contributed by atoms with Gasteiger partial charge in [0.25, 0.3) is 0 Å². The molecule has 3 nitrogen and oxygen atoms in total. The number of rotatable bonds is 9. The van der Waals surface area contributed by atoms with Crippen LogP contribution in [0.2, 0.25) is 0 Å². The molecule has 0 spiro atoms. The van der Waals surface area contributed by atoms with Gasteiger partial charge in [0, 0.05) is 19.1 Å². The molecule has 0 saturated heterocycles. The molecule has 0 aromatic heterocycles. The second-order valence-corrected chi connectivity index (χ2v) is 4.31. The highest BCUT2D eigenvalue weighted by Crippen LogP contribution is 2.09. The van der Waals surface area contributed by atoms with Crippen molar-refractivity contribution in [3.8, 4) is 0 Å². The first-order valence-electron chi connectivity index (χ1n) is 5.97.